The van der Waals surface area contributed by atoms with Crippen molar-refractivity contribution in [1.82, 2.24) is 20.4 Å². The Hall–Kier alpha value is -2.25. The minimum absolute atomic E-state index is 0.0836. The lowest BCUT2D eigenvalue weighted by Gasteiger charge is -2.45. The molecule has 2 saturated heterocycles. The van der Waals surface area contributed by atoms with E-state index in [1.54, 1.807) is 4.90 Å². The molecule has 7 heteroatoms. The molecule has 0 aliphatic carbocycles. The second kappa shape index (κ2) is 9.32. The van der Waals surface area contributed by atoms with Crippen LogP contribution in [0, 0.1) is 5.92 Å². The van der Waals surface area contributed by atoms with Crippen molar-refractivity contribution in [2.45, 2.75) is 90.6 Å². The number of carbonyl (C=O) groups excluding carboxylic acids is 3. The molecule has 3 heterocycles. The highest BCUT2D eigenvalue weighted by molar-refractivity contribution is 6.06. The van der Waals surface area contributed by atoms with Gasteiger partial charge in [-0.05, 0) is 50.2 Å². The fourth-order valence-corrected chi connectivity index (χ4v) is 5.44. The minimum atomic E-state index is -0.572. The van der Waals surface area contributed by atoms with E-state index in [2.05, 4.69) is 49.3 Å². The van der Waals surface area contributed by atoms with Crippen LogP contribution in [0.4, 0.5) is 0 Å². The van der Waals surface area contributed by atoms with Crippen LogP contribution in [0.2, 0.25) is 0 Å². The maximum atomic E-state index is 13.5. The number of carbonyl (C=O) groups is 3. The summed E-state index contributed by atoms with van der Waals surface area (Å²) in [4.78, 5) is 41.6. The number of hydrogen-bond donors (Lipinski definition) is 2. The molecule has 3 aliphatic rings. The molecule has 2 fully saturated rings. The molecule has 4 atom stereocenters. The van der Waals surface area contributed by atoms with E-state index >= 15 is 0 Å². The number of nitrogens with zero attached hydrogens (tertiary/aromatic N) is 2. The smallest absolute Gasteiger partial charge is 0.255 e. The topological polar surface area (TPSA) is 81.8 Å². The normalized spacial score (nSPS) is 28.9. The highest BCUT2D eigenvalue weighted by Crippen LogP contribution is 2.32. The van der Waals surface area contributed by atoms with Crippen LogP contribution in [0.5, 0.6) is 0 Å². The molecule has 0 bridgehead atoms. The standard InChI is InChI=1S/C25H36N4O3/c1-15(2)8-9-20-17(4)26-12-16(3)28(20)13-18-6-5-7-19-14-29(25(32)23(18)19)21-10-11-22(30)27-24(21)31/h5-7,15-17,20-21,26H,8-14H2,1-4H3,(H,27,30,31). The third kappa shape index (κ3) is 4.46. The van der Waals surface area contributed by atoms with Crippen molar-refractivity contribution in [3.8, 4) is 0 Å². The number of amides is 3. The molecule has 4 unspecified atom stereocenters. The Kier molecular flexibility index (Phi) is 6.67. The third-order valence-corrected chi connectivity index (χ3v) is 7.34. The summed E-state index contributed by atoms with van der Waals surface area (Å²) >= 11 is 0. The van der Waals surface area contributed by atoms with Crippen molar-refractivity contribution in [3.63, 3.8) is 0 Å². The average molecular weight is 441 g/mol. The van der Waals surface area contributed by atoms with E-state index < -0.39 is 6.04 Å². The summed E-state index contributed by atoms with van der Waals surface area (Å²) in [6.07, 6.45) is 2.97. The minimum Gasteiger partial charge on any atom is -0.322 e. The quantitative estimate of drug-likeness (QED) is 0.664. The number of benzene rings is 1. The maximum absolute atomic E-state index is 13.5. The largest absolute Gasteiger partial charge is 0.322 e. The van der Waals surface area contributed by atoms with Gasteiger partial charge >= 0.3 is 0 Å². The molecule has 0 spiro atoms. The molecule has 3 aliphatic heterocycles. The molecular weight excluding hydrogens is 404 g/mol. The number of rotatable bonds is 6. The van der Waals surface area contributed by atoms with Crippen LogP contribution in [0.3, 0.4) is 0 Å². The van der Waals surface area contributed by atoms with Gasteiger partial charge in [-0.3, -0.25) is 24.6 Å². The third-order valence-electron chi connectivity index (χ3n) is 7.34. The van der Waals surface area contributed by atoms with Gasteiger partial charge in [-0.15, -0.1) is 0 Å². The van der Waals surface area contributed by atoms with Gasteiger partial charge in [0.25, 0.3) is 5.91 Å². The highest BCUT2D eigenvalue weighted by Gasteiger charge is 2.41. The highest BCUT2D eigenvalue weighted by atomic mass is 16.2. The SMILES string of the molecule is CC(C)CCC1C(C)NCC(C)N1Cc1cccc2c1C(=O)N(C1CCC(=O)NC1=O)C2. The van der Waals surface area contributed by atoms with Crippen LogP contribution >= 0.6 is 0 Å². The number of piperidine rings is 1. The van der Waals surface area contributed by atoms with Gasteiger partial charge in [0.1, 0.15) is 6.04 Å². The number of imide groups is 1. The Morgan fingerprint density at radius 3 is 2.66 bits per heavy atom. The first kappa shape index (κ1) is 22.9. The lowest BCUT2D eigenvalue weighted by molar-refractivity contribution is -0.136. The molecule has 7 nitrogen and oxygen atoms in total. The van der Waals surface area contributed by atoms with Gasteiger partial charge in [0, 0.05) is 49.7 Å². The van der Waals surface area contributed by atoms with Crippen LogP contribution in [-0.4, -0.2) is 58.2 Å². The van der Waals surface area contributed by atoms with Crippen LogP contribution in [0.25, 0.3) is 0 Å². The zero-order chi connectivity index (χ0) is 23.0. The first-order valence-corrected chi connectivity index (χ1v) is 12.0. The summed E-state index contributed by atoms with van der Waals surface area (Å²) in [5.74, 6) is -0.0433. The monoisotopic (exact) mass is 440 g/mol. The molecule has 0 saturated carbocycles. The summed E-state index contributed by atoms with van der Waals surface area (Å²) in [7, 11) is 0. The number of fused-ring (bicyclic) bond motifs is 1. The Morgan fingerprint density at radius 2 is 1.94 bits per heavy atom. The zero-order valence-corrected chi connectivity index (χ0v) is 19.7. The fraction of sp³-hybridized carbons (Fsp3) is 0.640. The van der Waals surface area contributed by atoms with Gasteiger partial charge in [0.15, 0.2) is 0 Å². The first-order chi connectivity index (χ1) is 15.3. The molecule has 1 aromatic rings. The van der Waals surface area contributed by atoms with Crippen molar-refractivity contribution in [1.29, 1.82) is 0 Å². The summed E-state index contributed by atoms with van der Waals surface area (Å²) in [5.41, 5.74) is 2.77. The van der Waals surface area contributed by atoms with Crippen molar-refractivity contribution < 1.29 is 14.4 Å². The molecule has 174 valence electrons. The Labute approximate surface area is 190 Å². The molecule has 0 radical (unpaired) electrons. The van der Waals surface area contributed by atoms with Gasteiger partial charge in [-0.25, -0.2) is 0 Å². The summed E-state index contributed by atoms with van der Waals surface area (Å²) in [6.45, 7) is 11.1. The molecule has 4 rings (SSSR count). The van der Waals surface area contributed by atoms with Crippen molar-refractivity contribution >= 4 is 17.7 Å². The van der Waals surface area contributed by atoms with Crippen LogP contribution < -0.4 is 10.6 Å². The second-order valence-electron chi connectivity index (χ2n) is 10.1. The summed E-state index contributed by atoms with van der Waals surface area (Å²) in [6, 6.07) is 6.69. The fourth-order valence-electron chi connectivity index (χ4n) is 5.44. The maximum Gasteiger partial charge on any atom is 0.255 e. The lowest BCUT2D eigenvalue weighted by atomic mass is 9.92. The van der Waals surface area contributed by atoms with Gasteiger partial charge < -0.3 is 10.2 Å². The average Bonchev–Trinajstić information content (AvgIpc) is 3.07. The van der Waals surface area contributed by atoms with E-state index in [9.17, 15) is 14.4 Å². The second-order valence-corrected chi connectivity index (χ2v) is 10.1. The van der Waals surface area contributed by atoms with Gasteiger partial charge in [0.05, 0.1) is 0 Å². The summed E-state index contributed by atoms with van der Waals surface area (Å²) in [5, 5.41) is 6.04. The zero-order valence-electron chi connectivity index (χ0n) is 19.7. The van der Waals surface area contributed by atoms with Crippen molar-refractivity contribution in [2.75, 3.05) is 6.54 Å². The predicted molar refractivity (Wildman–Crippen MR) is 123 cm³/mol. The van der Waals surface area contributed by atoms with E-state index in [-0.39, 0.29) is 24.1 Å². The van der Waals surface area contributed by atoms with Gasteiger partial charge in [-0.2, -0.15) is 0 Å². The molecule has 1 aromatic carbocycles. The Bertz CT molecular complexity index is 899. The van der Waals surface area contributed by atoms with E-state index in [1.807, 2.05) is 12.1 Å². The van der Waals surface area contributed by atoms with E-state index in [0.29, 0.717) is 37.0 Å². The first-order valence-electron chi connectivity index (χ1n) is 12.0. The molecular formula is C25H36N4O3. The van der Waals surface area contributed by atoms with Crippen LogP contribution in [0.1, 0.15) is 74.9 Å². The van der Waals surface area contributed by atoms with E-state index in [0.717, 1.165) is 36.2 Å². The molecule has 32 heavy (non-hydrogen) atoms. The number of nitrogens with one attached hydrogen (secondary N) is 2. The van der Waals surface area contributed by atoms with E-state index in [1.165, 1.54) is 6.42 Å². The van der Waals surface area contributed by atoms with Crippen molar-refractivity contribution in [3.05, 3.63) is 34.9 Å². The van der Waals surface area contributed by atoms with Crippen LogP contribution in [-0.2, 0) is 22.7 Å². The van der Waals surface area contributed by atoms with Gasteiger partial charge in [-0.1, -0.05) is 32.0 Å². The van der Waals surface area contributed by atoms with Crippen LogP contribution in [0.15, 0.2) is 18.2 Å². The molecule has 3 amide bonds. The Morgan fingerprint density at radius 1 is 1.16 bits per heavy atom. The molecule has 2 N–H and O–H groups in total. The predicted octanol–water partition coefficient (Wildman–Crippen LogP) is 2.43. The summed E-state index contributed by atoms with van der Waals surface area (Å²) < 4.78 is 0. The molecule has 0 aromatic heterocycles. The number of piperazine rings is 1. The van der Waals surface area contributed by atoms with Gasteiger partial charge in [0.2, 0.25) is 11.8 Å². The van der Waals surface area contributed by atoms with E-state index in [4.69, 9.17) is 0 Å². The lowest BCUT2D eigenvalue weighted by Crippen LogP contribution is -2.60. The Balaban J connectivity index is 1.57. The van der Waals surface area contributed by atoms with Crippen molar-refractivity contribution in [2.24, 2.45) is 5.92 Å². The number of hydrogen-bond acceptors (Lipinski definition) is 5.